The number of unbranched alkanes of at least 4 members (excludes halogenated alkanes) is 1. The summed E-state index contributed by atoms with van der Waals surface area (Å²) in [5.41, 5.74) is 0.0758. The molecule has 0 bridgehead atoms. The Bertz CT molecular complexity index is 501. The van der Waals surface area contributed by atoms with Crippen LogP contribution in [0, 0.1) is 11.8 Å². The zero-order valence-corrected chi connectivity index (χ0v) is 13.8. The van der Waals surface area contributed by atoms with Gasteiger partial charge in [-0.1, -0.05) is 36.8 Å². The third-order valence-corrected chi connectivity index (χ3v) is 4.30. The monoisotopic (exact) mass is 308 g/mol. The van der Waals surface area contributed by atoms with Crippen molar-refractivity contribution in [3.8, 4) is 11.8 Å². The van der Waals surface area contributed by atoms with Crippen LogP contribution in [-0.2, 0) is 0 Å². The highest BCUT2D eigenvalue weighted by molar-refractivity contribution is 8.03. The second-order valence-electron chi connectivity index (χ2n) is 5.05. The van der Waals surface area contributed by atoms with Gasteiger partial charge < -0.3 is 5.11 Å². The lowest BCUT2D eigenvalue weighted by Gasteiger charge is -2.20. The number of aliphatic hydroxyl groups is 1. The van der Waals surface area contributed by atoms with E-state index in [-0.39, 0.29) is 0 Å². The first-order valence-corrected chi connectivity index (χ1v) is 8.12. The van der Waals surface area contributed by atoms with E-state index in [4.69, 9.17) is 11.6 Å². The minimum atomic E-state index is -0.840. The van der Waals surface area contributed by atoms with Crippen LogP contribution in [0.1, 0.15) is 39.2 Å². The Morgan fingerprint density at radius 3 is 2.55 bits per heavy atom. The molecule has 1 aromatic carbocycles. The van der Waals surface area contributed by atoms with E-state index in [1.807, 2.05) is 30.3 Å². The van der Waals surface area contributed by atoms with E-state index in [0.29, 0.717) is 5.02 Å². The molecule has 0 aromatic heterocycles. The molecule has 1 aromatic rings. The molecule has 3 heteroatoms. The Kier molecular flexibility index (Phi) is 7.23. The minimum absolute atomic E-state index is 0.707. The number of allylic oxidation sites excluding steroid dienone is 1. The van der Waals surface area contributed by atoms with E-state index >= 15 is 0 Å². The number of hydrogen-bond donors (Lipinski definition) is 1. The van der Waals surface area contributed by atoms with Gasteiger partial charge in [0.1, 0.15) is 0 Å². The maximum Gasteiger partial charge on any atom is 0.0904 e. The molecule has 0 aliphatic heterocycles. The second-order valence-corrected chi connectivity index (χ2v) is 6.62. The van der Waals surface area contributed by atoms with Crippen LogP contribution in [0.2, 0.25) is 5.02 Å². The van der Waals surface area contributed by atoms with Gasteiger partial charge in [0.2, 0.25) is 0 Å². The van der Waals surface area contributed by atoms with E-state index in [0.717, 1.165) is 29.1 Å². The molecule has 20 heavy (non-hydrogen) atoms. The maximum absolute atomic E-state index is 10.1. The van der Waals surface area contributed by atoms with Crippen LogP contribution in [0.15, 0.2) is 35.2 Å². The van der Waals surface area contributed by atoms with Crippen molar-refractivity contribution in [1.29, 1.82) is 0 Å². The van der Waals surface area contributed by atoms with E-state index in [1.54, 1.807) is 25.6 Å². The van der Waals surface area contributed by atoms with Gasteiger partial charge in [0.15, 0.2) is 0 Å². The van der Waals surface area contributed by atoms with Crippen molar-refractivity contribution < 1.29 is 5.11 Å². The molecule has 0 spiro atoms. The first-order valence-electron chi connectivity index (χ1n) is 6.76. The van der Waals surface area contributed by atoms with E-state index in [9.17, 15) is 5.11 Å². The summed E-state index contributed by atoms with van der Waals surface area (Å²) in [6.45, 7) is 5.75. The first kappa shape index (κ1) is 17.2. The Morgan fingerprint density at radius 1 is 1.35 bits per heavy atom. The molecule has 0 saturated carbocycles. The Hall–Kier alpha value is -0.880. The molecule has 0 saturated heterocycles. The SMILES string of the molecule is CCCCS/C(=C\C#Cc1ccc(Cl)cc1)C(C)(C)O. The van der Waals surface area contributed by atoms with Crippen LogP contribution < -0.4 is 0 Å². The average molecular weight is 309 g/mol. The van der Waals surface area contributed by atoms with Crippen LogP contribution in [0.5, 0.6) is 0 Å². The van der Waals surface area contributed by atoms with Crippen molar-refractivity contribution in [3.05, 3.63) is 45.8 Å². The van der Waals surface area contributed by atoms with Crippen molar-refractivity contribution >= 4 is 23.4 Å². The van der Waals surface area contributed by atoms with Crippen LogP contribution >= 0.6 is 23.4 Å². The third-order valence-electron chi connectivity index (χ3n) is 2.62. The molecule has 0 fully saturated rings. The van der Waals surface area contributed by atoms with Gasteiger partial charge in [0, 0.05) is 21.6 Å². The maximum atomic E-state index is 10.1. The van der Waals surface area contributed by atoms with E-state index in [1.165, 1.54) is 0 Å². The lowest BCUT2D eigenvalue weighted by molar-refractivity contribution is 0.129. The molecule has 1 rings (SSSR count). The molecule has 108 valence electrons. The van der Waals surface area contributed by atoms with Crippen molar-refractivity contribution in [2.45, 2.75) is 39.2 Å². The largest absolute Gasteiger partial charge is 0.385 e. The Labute approximate surface area is 131 Å². The Balaban J connectivity index is 2.78. The topological polar surface area (TPSA) is 20.2 Å². The first-order chi connectivity index (χ1) is 9.43. The fourth-order valence-electron chi connectivity index (χ4n) is 1.44. The summed E-state index contributed by atoms with van der Waals surface area (Å²) in [4.78, 5) is 0.910. The molecule has 0 atom stereocenters. The summed E-state index contributed by atoms with van der Waals surface area (Å²) < 4.78 is 0. The summed E-state index contributed by atoms with van der Waals surface area (Å²) in [5, 5.41) is 10.8. The van der Waals surface area contributed by atoms with Crippen LogP contribution in [-0.4, -0.2) is 16.5 Å². The van der Waals surface area contributed by atoms with Crippen molar-refractivity contribution in [1.82, 2.24) is 0 Å². The molecular weight excluding hydrogens is 288 g/mol. The molecule has 0 heterocycles. The molecule has 0 radical (unpaired) electrons. The van der Waals surface area contributed by atoms with Gasteiger partial charge in [-0.15, -0.1) is 11.8 Å². The van der Waals surface area contributed by atoms with E-state index < -0.39 is 5.60 Å². The smallest absolute Gasteiger partial charge is 0.0904 e. The van der Waals surface area contributed by atoms with Gasteiger partial charge in [0.25, 0.3) is 0 Å². The van der Waals surface area contributed by atoms with Gasteiger partial charge in [-0.05, 0) is 50.3 Å². The zero-order chi connectivity index (χ0) is 15.0. The number of benzene rings is 1. The second kappa shape index (κ2) is 8.42. The summed E-state index contributed by atoms with van der Waals surface area (Å²) >= 11 is 7.51. The standard InChI is InChI=1S/C17H21ClOS/c1-4-5-13-20-16(17(2,3)19)8-6-7-14-9-11-15(18)12-10-14/h8-12,19H,4-5,13H2,1-3H3/b16-8-. The molecule has 0 aliphatic carbocycles. The van der Waals surface area contributed by atoms with Gasteiger partial charge in [-0.3, -0.25) is 0 Å². The highest BCUT2D eigenvalue weighted by Gasteiger charge is 2.18. The fourth-order valence-corrected chi connectivity index (χ4v) is 2.71. The fraction of sp³-hybridized carbons (Fsp3) is 0.412. The third kappa shape index (κ3) is 6.52. The molecular formula is C17H21ClOS. The predicted octanol–water partition coefficient (Wildman–Crippen LogP) is 4.88. The summed E-state index contributed by atoms with van der Waals surface area (Å²) in [5.74, 6) is 7.08. The predicted molar refractivity (Wildman–Crippen MR) is 90.1 cm³/mol. The molecule has 1 N–H and O–H groups in total. The van der Waals surface area contributed by atoms with E-state index in [2.05, 4.69) is 18.8 Å². The van der Waals surface area contributed by atoms with Crippen LogP contribution in [0.4, 0.5) is 0 Å². The molecule has 1 nitrogen and oxygen atoms in total. The molecule has 0 amide bonds. The highest BCUT2D eigenvalue weighted by atomic mass is 35.5. The average Bonchev–Trinajstić information content (AvgIpc) is 2.38. The lowest BCUT2D eigenvalue weighted by atomic mass is 10.1. The van der Waals surface area contributed by atoms with Gasteiger partial charge in [0.05, 0.1) is 5.60 Å². The normalized spacial score (nSPS) is 11.9. The van der Waals surface area contributed by atoms with Crippen molar-refractivity contribution in [3.63, 3.8) is 0 Å². The van der Waals surface area contributed by atoms with Crippen LogP contribution in [0.3, 0.4) is 0 Å². The van der Waals surface area contributed by atoms with Gasteiger partial charge in [-0.2, -0.15) is 0 Å². The number of hydrogen-bond acceptors (Lipinski definition) is 2. The van der Waals surface area contributed by atoms with Crippen LogP contribution in [0.25, 0.3) is 0 Å². The number of halogens is 1. The van der Waals surface area contributed by atoms with Crippen molar-refractivity contribution in [2.24, 2.45) is 0 Å². The number of rotatable bonds is 5. The Morgan fingerprint density at radius 2 is 2.00 bits per heavy atom. The molecule has 0 aliphatic rings. The quantitative estimate of drug-likeness (QED) is 0.618. The number of thioether (sulfide) groups is 1. The summed E-state index contributed by atoms with van der Waals surface area (Å²) in [6, 6.07) is 7.42. The van der Waals surface area contributed by atoms with Crippen molar-refractivity contribution in [2.75, 3.05) is 5.75 Å². The summed E-state index contributed by atoms with van der Waals surface area (Å²) in [6.07, 6.45) is 4.11. The summed E-state index contributed by atoms with van der Waals surface area (Å²) in [7, 11) is 0. The van der Waals surface area contributed by atoms with Gasteiger partial charge >= 0.3 is 0 Å². The zero-order valence-electron chi connectivity index (χ0n) is 12.2. The lowest BCUT2D eigenvalue weighted by Crippen LogP contribution is -2.20. The minimum Gasteiger partial charge on any atom is -0.385 e. The van der Waals surface area contributed by atoms with Gasteiger partial charge in [-0.25, -0.2) is 0 Å². The highest BCUT2D eigenvalue weighted by Crippen LogP contribution is 2.28. The molecule has 0 unspecified atom stereocenters.